The summed E-state index contributed by atoms with van der Waals surface area (Å²) in [6, 6.07) is 0.339. The van der Waals surface area contributed by atoms with E-state index in [0.29, 0.717) is 16.0 Å². The van der Waals surface area contributed by atoms with Crippen molar-refractivity contribution in [2.45, 2.75) is 13.0 Å². The molecule has 1 aromatic carbocycles. The maximum Gasteiger partial charge on any atom is 0.161 e. The molecule has 96 valence electrons. The molecule has 1 aromatic heterocycles. The summed E-state index contributed by atoms with van der Waals surface area (Å²) in [6.45, 7) is 1.79. The molecule has 2 N–H and O–H groups in total. The second-order valence-electron chi connectivity index (χ2n) is 3.86. The van der Waals surface area contributed by atoms with Gasteiger partial charge < -0.3 is 5.73 Å². The number of rotatable bonds is 2. The van der Waals surface area contributed by atoms with E-state index in [1.54, 1.807) is 12.3 Å². The fourth-order valence-electron chi connectivity index (χ4n) is 1.58. The lowest BCUT2D eigenvalue weighted by Crippen LogP contribution is -2.13. The molecule has 0 amide bonds. The van der Waals surface area contributed by atoms with Crippen molar-refractivity contribution in [1.29, 1.82) is 0 Å². The number of benzene rings is 1. The van der Waals surface area contributed by atoms with Crippen molar-refractivity contribution in [2.75, 3.05) is 0 Å². The minimum Gasteiger partial charge on any atom is -0.319 e. The van der Waals surface area contributed by atoms with Gasteiger partial charge in [0.2, 0.25) is 0 Å². The second-order valence-corrected chi connectivity index (χ2v) is 5.15. The molecule has 1 nitrogen and oxygen atoms in total. The van der Waals surface area contributed by atoms with Crippen molar-refractivity contribution in [1.82, 2.24) is 0 Å². The molecule has 0 saturated carbocycles. The molecule has 2 rings (SSSR count). The third kappa shape index (κ3) is 2.25. The molecule has 0 saturated heterocycles. The Balaban J connectivity index is 2.49. The number of thiophene rings is 1. The molecule has 1 unspecified atom stereocenters. The summed E-state index contributed by atoms with van der Waals surface area (Å²) in [7, 11) is 0. The lowest BCUT2D eigenvalue weighted by Gasteiger charge is -2.12. The Morgan fingerprint density at radius 2 is 1.78 bits per heavy atom. The molecule has 1 atom stereocenters. The lowest BCUT2D eigenvalue weighted by molar-refractivity contribution is 0.488. The van der Waals surface area contributed by atoms with Gasteiger partial charge in [0.15, 0.2) is 11.6 Å². The van der Waals surface area contributed by atoms with Crippen LogP contribution in [-0.2, 0) is 0 Å². The van der Waals surface area contributed by atoms with Gasteiger partial charge in [0.1, 0.15) is 5.82 Å². The Labute approximate surface area is 111 Å². The van der Waals surface area contributed by atoms with Gasteiger partial charge in [0.05, 0.1) is 11.1 Å². The van der Waals surface area contributed by atoms with Crippen LogP contribution in [0.2, 0.25) is 5.02 Å². The van der Waals surface area contributed by atoms with E-state index in [0.717, 1.165) is 11.6 Å². The summed E-state index contributed by atoms with van der Waals surface area (Å²) in [4.78, 5) is 0.527. The van der Waals surface area contributed by atoms with Crippen LogP contribution in [0.25, 0.3) is 0 Å². The van der Waals surface area contributed by atoms with Crippen molar-refractivity contribution >= 4 is 22.9 Å². The molecule has 0 aliphatic heterocycles. The number of aryl methyl sites for hydroxylation is 1. The molecular formula is C12H9ClF3NS. The lowest BCUT2D eigenvalue weighted by atomic mass is 10.0. The molecular weight excluding hydrogens is 283 g/mol. The van der Waals surface area contributed by atoms with Crippen LogP contribution in [0, 0.1) is 24.4 Å². The predicted octanol–water partition coefficient (Wildman–Crippen LogP) is 4.18. The minimum atomic E-state index is -1.24. The standard InChI is InChI=1S/C12H9ClF3NS/c1-5-4-18-12(10(5)13)11(17)6-2-8(15)9(16)3-7(6)14/h2-4,11H,17H2,1H3. The maximum atomic E-state index is 13.6. The van der Waals surface area contributed by atoms with Gasteiger partial charge in [-0.15, -0.1) is 11.3 Å². The number of hydrogen-bond acceptors (Lipinski definition) is 2. The summed E-state index contributed by atoms with van der Waals surface area (Å²) < 4.78 is 39.5. The summed E-state index contributed by atoms with van der Waals surface area (Å²) in [5.41, 5.74) is 6.55. The highest BCUT2D eigenvalue weighted by Gasteiger charge is 2.21. The maximum absolute atomic E-state index is 13.6. The molecule has 0 aliphatic rings. The quantitative estimate of drug-likeness (QED) is 0.826. The van der Waals surface area contributed by atoms with Gasteiger partial charge in [-0.05, 0) is 23.9 Å². The van der Waals surface area contributed by atoms with E-state index < -0.39 is 23.5 Å². The van der Waals surface area contributed by atoms with Gasteiger partial charge in [0.25, 0.3) is 0 Å². The van der Waals surface area contributed by atoms with E-state index in [4.69, 9.17) is 17.3 Å². The summed E-state index contributed by atoms with van der Waals surface area (Å²) >= 11 is 7.28. The first kappa shape index (κ1) is 13.4. The van der Waals surface area contributed by atoms with Crippen LogP contribution in [-0.4, -0.2) is 0 Å². The molecule has 0 fully saturated rings. The van der Waals surface area contributed by atoms with Crippen LogP contribution >= 0.6 is 22.9 Å². The Morgan fingerprint density at radius 1 is 1.17 bits per heavy atom. The van der Waals surface area contributed by atoms with Crippen LogP contribution in [0.4, 0.5) is 13.2 Å². The smallest absolute Gasteiger partial charge is 0.161 e. The predicted molar refractivity (Wildman–Crippen MR) is 66.4 cm³/mol. The molecule has 1 heterocycles. The first-order valence-corrected chi connectivity index (χ1v) is 6.31. The summed E-state index contributed by atoms with van der Waals surface area (Å²) in [5.74, 6) is -3.26. The fraction of sp³-hybridized carbons (Fsp3) is 0.167. The second kappa shape index (κ2) is 4.91. The van der Waals surface area contributed by atoms with Crippen molar-refractivity contribution < 1.29 is 13.2 Å². The van der Waals surface area contributed by atoms with Crippen LogP contribution in [0.1, 0.15) is 22.0 Å². The van der Waals surface area contributed by atoms with Gasteiger partial charge >= 0.3 is 0 Å². The van der Waals surface area contributed by atoms with Crippen molar-refractivity contribution in [3.05, 3.63) is 56.0 Å². The monoisotopic (exact) mass is 291 g/mol. The highest BCUT2D eigenvalue weighted by Crippen LogP contribution is 2.35. The fourth-order valence-corrected chi connectivity index (χ4v) is 2.91. The first-order valence-electron chi connectivity index (χ1n) is 5.05. The molecule has 0 aliphatic carbocycles. The van der Waals surface area contributed by atoms with E-state index in [-0.39, 0.29) is 5.56 Å². The van der Waals surface area contributed by atoms with Crippen LogP contribution < -0.4 is 5.73 Å². The summed E-state index contributed by atoms with van der Waals surface area (Å²) in [5, 5.41) is 2.20. The van der Waals surface area contributed by atoms with E-state index in [1.807, 2.05) is 0 Å². The van der Waals surface area contributed by atoms with E-state index in [9.17, 15) is 13.2 Å². The van der Waals surface area contributed by atoms with E-state index >= 15 is 0 Å². The molecule has 6 heteroatoms. The Hall–Kier alpha value is -1.04. The van der Waals surface area contributed by atoms with E-state index in [2.05, 4.69) is 0 Å². The molecule has 2 aromatic rings. The molecule has 0 radical (unpaired) electrons. The van der Waals surface area contributed by atoms with Crippen molar-refractivity contribution in [2.24, 2.45) is 5.73 Å². The molecule has 18 heavy (non-hydrogen) atoms. The average Bonchev–Trinajstić information content (AvgIpc) is 2.64. The van der Waals surface area contributed by atoms with Gasteiger partial charge in [-0.3, -0.25) is 0 Å². The molecule has 0 bridgehead atoms. The third-order valence-corrected chi connectivity index (χ3v) is 4.38. The van der Waals surface area contributed by atoms with E-state index in [1.165, 1.54) is 11.3 Å². The number of hydrogen-bond donors (Lipinski definition) is 1. The first-order chi connectivity index (χ1) is 8.41. The average molecular weight is 292 g/mol. The molecule has 0 spiro atoms. The number of nitrogens with two attached hydrogens (primary N) is 1. The normalized spacial score (nSPS) is 12.8. The zero-order chi connectivity index (χ0) is 13.4. The SMILES string of the molecule is Cc1csc(C(N)c2cc(F)c(F)cc2F)c1Cl. The Bertz CT molecular complexity index is 597. The van der Waals surface area contributed by atoms with Crippen molar-refractivity contribution in [3.63, 3.8) is 0 Å². The largest absolute Gasteiger partial charge is 0.319 e. The Kier molecular flexibility index (Phi) is 3.66. The van der Waals surface area contributed by atoms with Crippen molar-refractivity contribution in [3.8, 4) is 0 Å². The van der Waals surface area contributed by atoms with Crippen LogP contribution in [0.5, 0.6) is 0 Å². The highest BCUT2D eigenvalue weighted by atomic mass is 35.5. The van der Waals surface area contributed by atoms with Gasteiger partial charge in [0, 0.05) is 16.5 Å². The van der Waals surface area contributed by atoms with Gasteiger partial charge in [-0.25, -0.2) is 13.2 Å². The van der Waals surface area contributed by atoms with Gasteiger partial charge in [-0.1, -0.05) is 11.6 Å². The third-order valence-electron chi connectivity index (χ3n) is 2.58. The topological polar surface area (TPSA) is 26.0 Å². The Morgan fingerprint density at radius 3 is 2.33 bits per heavy atom. The minimum absolute atomic E-state index is 0.113. The zero-order valence-electron chi connectivity index (χ0n) is 9.31. The highest BCUT2D eigenvalue weighted by molar-refractivity contribution is 7.10. The van der Waals surface area contributed by atoms with Crippen LogP contribution in [0.15, 0.2) is 17.5 Å². The zero-order valence-corrected chi connectivity index (χ0v) is 10.9. The number of halogens is 4. The van der Waals surface area contributed by atoms with Gasteiger partial charge in [-0.2, -0.15) is 0 Å². The van der Waals surface area contributed by atoms with Crippen LogP contribution in [0.3, 0.4) is 0 Å². The summed E-state index contributed by atoms with van der Waals surface area (Å²) in [6.07, 6.45) is 0.